The van der Waals surface area contributed by atoms with Crippen molar-refractivity contribution in [2.75, 3.05) is 19.6 Å². The molecule has 0 spiro atoms. The Labute approximate surface area is 102 Å². The molecule has 1 aromatic heterocycles. The standard InChI is InChI=1S/C13H22N2S/c1-11-6-10-16-13(11)5-9-14-8-4-12-3-2-7-15-12/h6,10,12,14-15H,2-5,7-9H2,1H3. The molecule has 1 unspecified atom stereocenters. The normalized spacial score (nSPS) is 20.4. The first-order valence-electron chi connectivity index (χ1n) is 6.33. The van der Waals surface area contributed by atoms with E-state index in [0.717, 1.165) is 19.1 Å². The average molecular weight is 238 g/mol. The van der Waals surface area contributed by atoms with Crippen molar-refractivity contribution < 1.29 is 0 Å². The summed E-state index contributed by atoms with van der Waals surface area (Å²) >= 11 is 1.88. The van der Waals surface area contributed by atoms with Crippen LogP contribution in [0, 0.1) is 6.92 Å². The van der Waals surface area contributed by atoms with Crippen molar-refractivity contribution in [3.63, 3.8) is 0 Å². The van der Waals surface area contributed by atoms with Crippen LogP contribution in [-0.2, 0) is 6.42 Å². The Hall–Kier alpha value is -0.380. The number of rotatable bonds is 6. The third-order valence-electron chi connectivity index (χ3n) is 3.33. The van der Waals surface area contributed by atoms with Crippen molar-refractivity contribution in [1.29, 1.82) is 0 Å². The monoisotopic (exact) mass is 238 g/mol. The highest BCUT2D eigenvalue weighted by molar-refractivity contribution is 7.10. The van der Waals surface area contributed by atoms with Gasteiger partial charge in [-0.1, -0.05) is 0 Å². The van der Waals surface area contributed by atoms with Crippen molar-refractivity contribution in [1.82, 2.24) is 10.6 Å². The van der Waals surface area contributed by atoms with Crippen LogP contribution in [-0.4, -0.2) is 25.7 Å². The highest BCUT2D eigenvalue weighted by Gasteiger charge is 2.12. The lowest BCUT2D eigenvalue weighted by Gasteiger charge is -2.10. The molecule has 1 aromatic rings. The molecule has 1 aliphatic rings. The molecule has 0 aliphatic carbocycles. The van der Waals surface area contributed by atoms with E-state index in [1.54, 1.807) is 0 Å². The SMILES string of the molecule is Cc1ccsc1CCNCCC1CCCN1. The molecule has 2 nitrogen and oxygen atoms in total. The third kappa shape index (κ3) is 3.58. The minimum absolute atomic E-state index is 0.774. The summed E-state index contributed by atoms with van der Waals surface area (Å²) in [4.78, 5) is 1.53. The summed E-state index contributed by atoms with van der Waals surface area (Å²) in [6.45, 7) is 5.70. The molecular weight excluding hydrogens is 216 g/mol. The van der Waals surface area contributed by atoms with Gasteiger partial charge in [0.2, 0.25) is 0 Å². The van der Waals surface area contributed by atoms with E-state index < -0.39 is 0 Å². The van der Waals surface area contributed by atoms with Crippen LogP contribution in [0.5, 0.6) is 0 Å². The maximum atomic E-state index is 3.54. The van der Waals surface area contributed by atoms with Crippen LogP contribution in [0.25, 0.3) is 0 Å². The molecular formula is C13H22N2S. The minimum Gasteiger partial charge on any atom is -0.316 e. The second-order valence-corrected chi connectivity index (χ2v) is 5.61. The number of aryl methyl sites for hydroxylation is 1. The first kappa shape index (κ1) is 12.1. The molecule has 16 heavy (non-hydrogen) atoms. The third-order valence-corrected chi connectivity index (χ3v) is 4.41. The minimum atomic E-state index is 0.774. The molecule has 2 N–H and O–H groups in total. The Bertz CT molecular complexity index is 303. The number of hydrogen-bond acceptors (Lipinski definition) is 3. The largest absolute Gasteiger partial charge is 0.316 e. The summed E-state index contributed by atoms with van der Waals surface area (Å²) in [5, 5.41) is 9.26. The molecule has 1 saturated heterocycles. The van der Waals surface area contributed by atoms with E-state index in [1.165, 1.54) is 42.7 Å². The molecule has 3 heteroatoms. The molecule has 90 valence electrons. The molecule has 0 aromatic carbocycles. The highest BCUT2D eigenvalue weighted by Crippen LogP contribution is 2.15. The second-order valence-electron chi connectivity index (χ2n) is 4.61. The van der Waals surface area contributed by atoms with Crippen molar-refractivity contribution in [2.45, 2.75) is 38.6 Å². The van der Waals surface area contributed by atoms with Crippen LogP contribution in [0.2, 0.25) is 0 Å². The van der Waals surface area contributed by atoms with Gasteiger partial charge in [0.15, 0.2) is 0 Å². The Morgan fingerprint density at radius 3 is 3.12 bits per heavy atom. The van der Waals surface area contributed by atoms with E-state index in [0.29, 0.717) is 0 Å². The predicted molar refractivity (Wildman–Crippen MR) is 71.3 cm³/mol. The number of hydrogen-bond donors (Lipinski definition) is 2. The zero-order valence-corrected chi connectivity index (χ0v) is 10.9. The summed E-state index contributed by atoms with van der Waals surface area (Å²) < 4.78 is 0. The van der Waals surface area contributed by atoms with Gasteiger partial charge in [-0.2, -0.15) is 0 Å². The number of thiophene rings is 1. The van der Waals surface area contributed by atoms with Gasteiger partial charge in [0.25, 0.3) is 0 Å². The molecule has 2 heterocycles. The zero-order chi connectivity index (χ0) is 11.2. The van der Waals surface area contributed by atoms with Gasteiger partial charge in [-0.05, 0) is 69.3 Å². The van der Waals surface area contributed by atoms with Crippen LogP contribution in [0.3, 0.4) is 0 Å². The van der Waals surface area contributed by atoms with Gasteiger partial charge >= 0.3 is 0 Å². The van der Waals surface area contributed by atoms with Crippen LogP contribution >= 0.6 is 11.3 Å². The topological polar surface area (TPSA) is 24.1 Å². The fourth-order valence-corrected chi connectivity index (χ4v) is 3.18. The maximum Gasteiger partial charge on any atom is 0.00870 e. The number of nitrogens with one attached hydrogen (secondary N) is 2. The Morgan fingerprint density at radius 1 is 1.50 bits per heavy atom. The lowest BCUT2D eigenvalue weighted by atomic mass is 10.1. The Balaban J connectivity index is 1.53. The van der Waals surface area contributed by atoms with Crippen molar-refractivity contribution >= 4 is 11.3 Å². The average Bonchev–Trinajstić information content (AvgIpc) is 2.90. The summed E-state index contributed by atoms with van der Waals surface area (Å²) in [5.74, 6) is 0. The van der Waals surface area contributed by atoms with Gasteiger partial charge in [0.05, 0.1) is 0 Å². The quantitative estimate of drug-likeness (QED) is 0.743. The zero-order valence-electron chi connectivity index (χ0n) is 10.1. The lowest BCUT2D eigenvalue weighted by Crippen LogP contribution is -2.27. The molecule has 1 aliphatic heterocycles. The van der Waals surface area contributed by atoms with E-state index in [4.69, 9.17) is 0 Å². The summed E-state index contributed by atoms with van der Waals surface area (Å²) in [5.41, 5.74) is 1.45. The molecule has 0 bridgehead atoms. The van der Waals surface area contributed by atoms with E-state index in [-0.39, 0.29) is 0 Å². The van der Waals surface area contributed by atoms with E-state index in [1.807, 2.05) is 11.3 Å². The Kier molecular flexibility index (Phi) is 4.82. The van der Waals surface area contributed by atoms with Crippen LogP contribution < -0.4 is 10.6 Å². The van der Waals surface area contributed by atoms with E-state index in [2.05, 4.69) is 29.0 Å². The fourth-order valence-electron chi connectivity index (χ4n) is 2.27. The molecule has 0 saturated carbocycles. The predicted octanol–water partition coefficient (Wildman–Crippen LogP) is 2.33. The summed E-state index contributed by atoms with van der Waals surface area (Å²) in [7, 11) is 0. The molecule has 2 rings (SSSR count). The van der Waals surface area contributed by atoms with Gasteiger partial charge in [0, 0.05) is 10.9 Å². The van der Waals surface area contributed by atoms with Crippen molar-refractivity contribution in [3.05, 3.63) is 21.9 Å². The highest BCUT2D eigenvalue weighted by atomic mass is 32.1. The molecule has 0 amide bonds. The lowest BCUT2D eigenvalue weighted by molar-refractivity contribution is 0.525. The van der Waals surface area contributed by atoms with Crippen LogP contribution in [0.15, 0.2) is 11.4 Å². The Morgan fingerprint density at radius 2 is 2.44 bits per heavy atom. The van der Waals surface area contributed by atoms with Gasteiger partial charge in [0.1, 0.15) is 0 Å². The van der Waals surface area contributed by atoms with Crippen molar-refractivity contribution in [2.24, 2.45) is 0 Å². The van der Waals surface area contributed by atoms with Gasteiger partial charge < -0.3 is 10.6 Å². The molecule has 0 radical (unpaired) electrons. The first-order valence-corrected chi connectivity index (χ1v) is 7.21. The maximum absolute atomic E-state index is 3.54. The smallest absolute Gasteiger partial charge is 0.00870 e. The summed E-state index contributed by atoms with van der Waals surface area (Å²) in [6.07, 6.45) is 5.19. The van der Waals surface area contributed by atoms with Gasteiger partial charge in [-0.15, -0.1) is 11.3 Å². The second kappa shape index (κ2) is 6.38. The van der Waals surface area contributed by atoms with Crippen LogP contribution in [0.1, 0.15) is 29.7 Å². The van der Waals surface area contributed by atoms with E-state index in [9.17, 15) is 0 Å². The van der Waals surface area contributed by atoms with Crippen molar-refractivity contribution in [3.8, 4) is 0 Å². The van der Waals surface area contributed by atoms with E-state index >= 15 is 0 Å². The van der Waals surface area contributed by atoms with Gasteiger partial charge in [-0.3, -0.25) is 0 Å². The fraction of sp³-hybridized carbons (Fsp3) is 0.692. The summed E-state index contributed by atoms with van der Waals surface area (Å²) in [6, 6.07) is 2.98. The first-order chi connectivity index (χ1) is 7.86. The molecule has 1 atom stereocenters. The van der Waals surface area contributed by atoms with Gasteiger partial charge in [-0.25, -0.2) is 0 Å². The van der Waals surface area contributed by atoms with Crippen LogP contribution in [0.4, 0.5) is 0 Å². The molecule has 1 fully saturated rings.